The average molecular weight is 379 g/mol. The third-order valence-corrected chi connectivity index (χ3v) is 6.02. The highest BCUT2D eigenvalue weighted by molar-refractivity contribution is 7.20. The number of aromatic nitrogens is 3. The third kappa shape index (κ3) is 3.32. The molecule has 0 saturated carbocycles. The normalized spacial score (nSPS) is 11.4. The smallest absolute Gasteiger partial charge is 0.261 e. The van der Waals surface area contributed by atoms with Crippen LogP contribution in [0.4, 0.5) is 0 Å². The number of amides is 1. The molecule has 0 aliphatic heterocycles. The quantitative estimate of drug-likeness (QED) is 0.524. The summed E-state index contributed by atoms with van der Waals surface area (Å²) in [6, 6.07) is 10.5. The summed E-state index contributed by atoms with van der Waals surface area (Å²) in [4.78, 5) is 23.2. The monoisotopic (exact) mass is 378 g/mol. The zero-order valence-electron chi connectivity index (χ0n) is 15.7. The highest BCUT2D eigenvalue weighted by Gasteiger charge is 2.18. The molecule has 0 aliphatic rings. The minimum Gasteiger partial charge on any atom is -0.351 e. The lowest BCUT2D eigenvalue weighted by molar-refractivity contribution is 0.0956. The van der Waals surface area contributed by atoms with Crippen molar-refractivity contribution < 1.29 is 4.79 Å². The van der Waals surface area contributed by atoms with E-state index in [1.54, 1.807) is 0 Å². The molecule has 1 aromatic carbocycles. The third-order valence-electron chi connectivity index (χ3n) is 4.83. The van der Waals surface area contributed by atoms with Crippen molar-refractivity contribution in [1.82, 2.24) is 19.9 Å². The van der Waals surface area contributed by atoms with Crippen LogP contribution in [0.15, 0.2) is 36.5 Å². The van der Waals surface area contributed by atoms with E-state index >= 15 is 0 Å². The van der Waals surface area contributed by atoms with Gasteiger partial charge in [-0.3, -0.25) is 4.79 Å². The Labute approximate surface area is 162 Å². The molecule has 6 heteroatoms. The largest absolute Gasteiger partial charge is 0.351 e. The number of rotatable bonds is 5. The number of thiophene rings is 1. The summed E-state index contributed by atoms with van der Waals surface area (Å²) in [6.07, 6.45) is 2.98. The van der Waals surface area contributed by atoms with E-state index in [1.165, 1.54) is 22.2 Å². The van der Waals surface area contributed by atoms with Crippen molar-refractivity contribution in [3.8, 4) is 0 Å². The van der Waals surface area contributed by atoms with Crippen LogP contribution in [0, 0.1) is 20.8 Å². The average Bonchev–Trinajstić information content (AvgIpc) is 3.20. The summed E-state index contributed by atoms with van der Waals surface area (Å²) in [6.45, 7) is 7.35. The molecular formula is C21H22N4OS. The van der Waals surface area contributed by atoms with Crippen molar-refractivity contribution in [2.24, 2.45) is 0 Å². The maximum Gasteiger partial charge on any atom is 0.261 e. The fraction of sp³-hybridized carbons (Fsp3) is 0.286. The number of carbonyl (C=O) groups is 1. The summed E-state index contributed by atoms with van der Waals surface area (Å²) in [7, 11) is 0. The van der Waals surface area contributed by atoms with Crippen LogP contribution in [0.2, 0.25) is 0 Å². The highest BCUT2D eigenvalue weighted by atomic mass is 32.1. The van der Waals surface area contributed by atoms with E-state index < -0.39 is 0 Å². The van der Waals surface area contributed by atoms with Gasteiger partial charge in [0.05, 0.1) is 4.88 Å². The van der Waals surface area contributed by atoms with Crippen molar-refractivity contribution in [2.45, 2.75) is 33.7 Å². The first-order valence-corrected chi connectivity index (χ1v) is 9.92. The van der Waals surface area contributed by atoms with E-state index in [2.05, 4.69) is 50.3 Å². The number of carbonyl (C=O) groups excluding carboxylic acids is 1. The molecule has 0 unspecified atom stereocenters. The second kappa shape index (κ2) is 7.12. The summed E-state index contributed by atoms with van der Waals surface area (Å²) in [5.41, 5.74) is 3.14. The molecule has 5 nitrogen and oxygen atoms in total. The number of nitrogens with zero attached hydrogens (tertiary/aromatic N) is 3. The van der Waals surface area contributed by atoms with Crippen LogP contribution in [-0.2, 0) is 6.54 Å². The minimum absolute atomic E-state index is 0.0232. The first-order valence-electron chi connectivity index (χ1n) is 9.11. The molecule has 0 aliphatic carbocycles. The van der Waals surface area contributed by atoms with Gasteiger partial charge in [0.25, 0.3) is 5.91 Å². The molecule has 0 bridgehead atoms. The predicted octanol–water partition coefficient (Wildman–Crippen LogP) is 4.39. The molecule has 0 spiro atoms. The maximum absolute atomic E-state index is 12.6. The number of hydrogen-bond acceptors (Lipinski definition) is 4. The molecule has 0 radical (unpaired) electrons. The van der Waals surface area contributed by atoms with Crippen LogP contribution in [0.1, 0.15) is 33.2 Å². The lowest BCUT2D eigenvalue weighted by atomic mass is 10.1. The van der Waals surface area contributed by atoms with Gasteiger partial charge in [-0.15, -0.1) is 11.3 Å². The lowest BCUT2D eigenvalue weighted by Gasteiger charge is -2.07. The van der Waals surface area contributed by atoms with Crippen molar-refractivity contribution in [1.29, 1.82) is 0 Å². The van der Waals surface area contributed by atoms with Gasteiger partial charge in [-0.05, 0) is 50.3 Å². The summed E-state index contributed by atoms with van der Waals surface area (Å²) >= 11 is 1.45. The van der Waals surface area contributed by atoms with Crippen LogP contribution >= 0.6 is 11.3 Å². The zero-order valence-corrected chi connectivity index (χ0v) is 16.6. The SMILES string of the molecule is Cc1nc(C)c2c(C)c(C(=O)NCCCn3ccc4ccccc43)sc2n1. The van der Waals surface area contributed by atoms with Crippen molar-refractivity contribution in [3.63, 3.8) is 0 Å². The molecule has 4 aromatic rings. The van der Waals surface area contributed by atoms with E-state index in [0.717, 1.165) is 45.1 Å². The van der Waals surface area contributed by atoms with Crippen LogP contribution < -0.4 is 5.32 Å². The second-order valence-electron chi connectivity index (χ2n) is 6.77. The molecular weight excluding hydrogens is 356 g/mol. The fourth-order valence-corrected chi connectivity index (χ4v) is 4.75. The molecule has 1 amide bonds. The van der Waals surface area contributed by atoms with Crippen molar-refractivity contribution in [3.05, 3.63) is 58.5 Å². The number of para-hydroxylation sites is 1. The van der Waals surface area contributed by atoms with Gasteiger partial charge >= 0.3 is 0 Å². The van der Waals surface area contributed by atoms with E-state index in [-0.39, 0.29) is 5.91 Å². The maximum atomic E-state index is 12.6. The van der Waals surface area contributed by atoms with E-state index in [9.17, 15) is 4.79 Å². The lowest BCUT2D eigenvalue weighted by Crippen LogP contribution is -2.25. The Kier molecular flexibility index (Phi) is 4.66. The summed E-state index contributed by atoms with van der Waals surface area (Å²) in [5, 5.41) is 5.31. The van der Waals surface area contributed by atoms with Crippen LogP contribution in [0.25, 0.3) is 21.1 Å². The first-order chi connectivity index (χ1) is 13.0. The van der Waals surface area contributed by atoms with Crippen molar-refractivity contribution >= 4 is 38.4 Å². The Bertz CT molecular complexity index is 1140. The molecule has 3 heterocycles. The Balaban J connectivity index is 1.42. The predicted molar refractivity (Wildman–Crippen MR) is 111 cm³/mol. The Morgan fingerprint density at radius 3 is 2.81 bits per heavy atom. The summed E-state index contributed by atoms with van der Waals surface area (Å²) in [5.74, 6) is 0.720. The van der Waals surface area contributed by atoms with Crippen molar-refractivity contribution in [2.75, 3.05) is 6.54 Å². The second-order valence-corrected chi connectivity index (χ2v) is 7.77. The van der Waals surface area contributed by atoms with Gasteiger partial charge in [0.2, 0.25) is 0 Å². The Hall–Kier alpha value is -2.73. The first kappa shape index (κ1) is 17.7. The number of fused-ring (bicyclic) bond motifs is 2. The summed E-state index contributed by atoms with van der Waals surface area (Å²) < 4.78 is 2.23. The molecule has 138 valence electrons. The molecule has 0 fully saturated rings. The minimum atomic E-state index is -0.0232. The topological polar surface area (TPSA) is 59.8 Å². The van der Waals surface area contributed by atoms with Crippen LogP contribution in [0.5, 0.6) is 0 Å². The van der Waals surface area contributed by atoms with Crippen LogP contribution in [-0.4, -0.2) is 27.0 Å². The van der Waals surface area contributed by atoms with Gasteiger partial charge in [-0.2, -0.15) is 0 Å². The number of aryl methyl sites for hydroxylation is 4. The molecule has 0 saturated heterocycles. The van der Waals surface area contributed by atoms with Gasteiger partial charge in [0.1, 0.15) is 10.7 Å². The van der Waals surface area contributed by atoms with E-state index in [4.69, 9.17) is 0 Å². The van der Waals surface area contributed by atoms with Gasteiger partial charge in [-0.25, -0.2) is 9.97 Å². The zero-order chi connectivity index (χ0) is 19.0. The van der Waals surface area contributed by atoms with Crippen LogP contribution in [0.3, 0.4) is 0 Å². The molecule has 4 rings (SSSR count). The fourth-order valence-electron chi connectivity index (χ4n) is 3.56. The molecule has 1 N–H and O–H groups in total. The van der Waals surface area contributed by atoms with Gasteiger partial charge < -0.3 is 9.88 Å². The molecule has 0 atom stereocenters. The Morgan fingerprint density at radius 1 is 1.15 bits per heavy atom. The molecule has 27 heavy (non-hydrogen) atoms. The number of benzene rings is 1. The number of nitrogens with one attached hydrogen (secondary N) is 1. The van der Waals surface area contributed by atoms with E-state index in [1.807, 2.05) is 26.8 Å². The molecule has 3 aromatic heterocycles. The number of hydrogen-bond donors (Lipinski definition) is 1. The standard InChI is InChI=1S/C21H22N4OS/c1-13-18-14(2)23-15(3)24-21(18)27-19(13)20(26)22-10-6-11-25-12-9-16-7-4-5-8-17(16)25/h4-5,7-9,12H,6,10-11H2,1-3H3,(H,22,26). The Morgan fingerprint density at radius 2 is 1.96 bits per heavy atom. The van der Waals surface area contributed by atoms with E-state index in [0.29, 0.717) is 6.54 Å². The van der Waals surface area contributed by atoms with Gasteiger partial charge in [0.15, 0.2) is 0 Å². The van der Waals surface area contributed by atoms with Gasteiger partial charge in [0, 0.05) is 35.9 Å². The highest BCUT2D eigenvalue weighted by Crippen LogP contribution is 2.31. The van der Waals surface area contributed by atoms with Gasteiger partial charge in [-0.1, -0.05) is 18.2 Å².